The van der Waals surface area contributed by atoms with Crippen LogP contribution in [0.4, 0.5) is 0 Å². The monoisotopic (exact) mass is 854 g/mol. The smallest absolute Gasteiger partial charge is 2.00 e. The van der Waals surface area contributed by atoms with Gasteiger partial charge in [0.2, 0.25) is 0 Å². The summed E-state index contributed by atoms with van der Waals surface area (Å²) in [4.78, 5) is 0. The summed E-state index contributed by atoms with van der Waals surface area (Å²) in [7, 11) is 0. The molecule has 0 rings (SSSR count). The largest absolute Gasteiger partial charge is 2.00 e. The van der Waals surface area contributed by atoms with E-state index in [-0.39, 0.29) is 81.9 Å². The SMILES string of the molecule is [O]=[V]([O-])([O-])[O-].[O]=[V]([O-])([O-])[O-].[Pb+2].[Pb+2].[Pb+2]. The molecule has 8 nitrogen and oxygen atoms in total. The summed E-state index contributed by atoms with van der Waals surface area (Å²) in [5, 5.41) is 0. The Kier molecular flexibility index (Phi) is 30.7. The number of hydrogen-bond donors (Lipinski definition) is 0. The molecular weight excluding hydrogens is 851 g/mol. The van der Waals surface area contributed by atoms with Gasteiger partial charge in [0.15, 0.2) is 0 Å². The molecule has 0 N–H and O–H groups in total. The second-order valence-electron chi connectivity index (χ2n) is 0.894. The van der Waals surface area contributed by atoms with Gasteiger partial charge in [0.25, 0.3) is 0 Å². The summed E-state index contributed by atoms with van der Waals surface area (Å²) in [6.07, 6.45) is 0. The Hall–Kier alpha value is 3.30. The van der Waals surface area contributed by atoms with Gasteiger partial charge in [0.05, 0.1) is 0 Å². The van der Waals surface area contributed by atoms with Gasteiger partial charge in [-0.05, 0) is 0 Å². The Morgan fingerprint density at radius 3 is 0.538 bits per heavy atom. The molecule has 13 heteroatoms. The molecule has 13 heavy (non-hydrogen) atoms. The van der Waals surface area contributed by atoms with E-state index in [0.29, 0.717) is 0 Å². The van der Waals surface area contributed by atoms with Crippen molar-refractivity contribution < 1.29 is 61.6 Å². The first-order valence-corrected chi connectivity index (χ1v) is 6.02. The van der Waals surface area contributed by atoms with E-state index >= 15 is 0 Å². The van der Waals surface area contributed by atoms with Gasteiger partial charge in [0.1, 0.15) is 0 Å². The molecule has 70 valence electrons. The minimum Gasteiger partial charge on any atom is 2.00 e. The summed E-state index contributed by atoms with van der Waals surface area (Å²) in [6, 6.07) is 0. The molecule has 0 aliphatic heterocycles. The fourth-order valence-electron chi connectivity index (χ4n) is 0. The van der Waals surface area contributed by atoms with E-state index in [0.717, 1.165) is 0 Å². The second kappa shape index (κ2) is 13.4. The Morgan fingerprint density at radius 1 is 0.538 bits per heavy atom. The van der Waals surface area contributed by atoms with Gasteiger partial charge in [0, 0.05) is 0 Å². The maximum Gasteiger partial charge on any atom is 2.00 e. The van der Waals surface area contributed by atoms with Crippen LogP contribution in [-0.2, 0) is 37.4 Å². The fourth-order valence-corrected chi connectivity index (χ4v) is 0. The summed E-state index contributed by atoms with van der Waals surface area (Å²) in [5.41, 5.74) is 0. The zero-order chi connectivity index (χ0) is 9.00. The molecule has 0 aliphatic carbocycles. The number of hydrogen-bond acceptors (Lipinski definition) is 8. The van der Waals surface area contributed by atoms with Crippen LogP contribution in [0.2, 0.25) is 0 Å². The van der Waals surface area contributed by atoms with E-state index in [1.807, 2.05) is 0 Å². The first-order chi connectivity index (χ1) is 4.00. The molecule has 0 aromatic carbocycles. The molecule has 0 atom stereocenters. The first-order valence-electron chi connectivity index (χ1n) is 1.46. The zero-order valence-corrected chi connectivity index (χ0v) is 20.1. The summed E-state index contributed by atoms with van der Waals surface area (Å²) >= 11 is -11.8. The van der Waals surface area contributed by atoms with Crippen LogP contribution in [0.15, 0.2) is 0 Å². The molecule has 0 fully saturated rings. The van der Waals surface area contributed by atoms with Crippen molar-refractivity contribution >= 4 is 81.9 Å². The van der Waals surface area contributed by atoms with Gasteiger partial charge < -0.3 is 0 Å². The van der Waals surface area contributed by atoms with Gasteiger partial charge in [-0.15, -0.1) is 0 Å². The van der Waals surface area contributed by atoms with E-state index in [1.165, 1.54) is 0 Å². The van der Waals surface area contributed by atoms with Crippen LogP contribution in [0, 0.1) is 0 Å². The van der Waals surface area contributed by atoms with Gasteiger partial charge in [-0.2, -0.15) is 0 Å². The Labute approximate surface area is 141 Å². The molecule has 0 amide bonds. The maximum atomic E-state index is 8.61. The van der Waals surface area contributed by atoms with Crippen LogP contribution in [0.25, 0.3) is 0 Å². The van der Waals surface area contributed by atoms with Crippen LogP contribution >= 0.6 is 0 Å². The zero-order valence-electron chi connectivity index (χ0n) is 5.66. The Morgan fingerprint density at radius 2 is 0.538 bits per heavy atom. The molecule has 0 bridgehead atoms. The van der Waals surface area contributed by atoms with Gasteiger partial charge >= 0.3 is 143 Å². The summed E-state index contributed by atoms with van der Waals surface area (Å²) < 4.78 is 68.9. The minimum absolute atomic E-state index is 0. The molecule has 0 unspecified atom stereocenters. The predicted octanol–water partition coefficient (Wildman–Crippen LogP) is -8.52. The van der Waals surface area contributed by atoms with Crippen molar-refractivity contribution in [3.8, 4) is 0 Å². The molecule has 6 radical (unpaired) electrons. The second-order valence-corrected chi connectivity index (χ2v) is 3.69. The average Bonchev–Trinajstić information content (AvgIpc) is 1.12. The van der Waals surface area contributed by atoms with E-state index in [1.54, 1.807) is 0 Å². The third kappa shape index (κ3) is 249. The van der Waals surface area contributed by atoms with Crippen LogP contribution in [-0.4, -0.2) is 81.9 Å². The van der Waals surface area contributed by atoms with Gasteiger partial charge in [-0.1, -0.05) is 0 Å². The Balaban J connectivity index is -0.0000000267. The maximum absolute atomic E-state index is 8.61. The summed E-state index contributed by atoms with van der Waals surface area (Å²) in [5.74, 6) is 0. The van der Waals surface area contributed by atoms with Crippen LogP contribution in [0.1, 0.15) is 0 Å². The van der Waals surface area contributed by atoms with Crippen molar-refractivity contribution in [2.45, 2.75) is 0 Å². The van der Waals surface area contributed by atoms with E-state index in [9.17, 15) is 0 Å². The van der Waals surface area contributed by atoms with E-state index in [2.05, 4.69) is 0 Å². The Bertz CT molecular complexity index is 130. The molecule has 0 aromatic heterocycles. The van der Waals surface area contributed by atoms with Crippen LogP contribution in [0.3, 0.4) is 0 Å². The first kappa shape index (κ1) is 29.9. The molecule has 0 aliphatic rings. The molecule has 0 saturated heterocycles. The van der Waals surface area contributed by atoms with E-state index < -0.39 is 30.0 Å². The van der Waals surface area contributed by atoms with E-state index in [4.69, 9.17) is 31.5 Å². The third-order valence-corrected chi connectivity index (χ3v) is 0. The van der Waals surface area contributed by atoms with Crippen LogP contribution in [0.5, 0.6) is 0 Å². The minimum atomic E-state index is -5.88. The molecule has 0 aromatic rings. The van der Waals surface area contributed by atoms with Crippen molar-refractivity contribution in [3.05, 3.63) is 0 Å². The third-order valence-electron chi connectivity index (χ3n) is 0. The van der Waals surface area contributed by atoms with Gasteiger partial charge in [-0.3, -0.25) is 0 Å². The molecule has 0 saturated carbocycles. The van der Waals surface area contributed by atoms with Crippen LogP contribution < -0.4 is 24.2 Å². The normalized spacial score (nSPS) is 9.08. The molecule has 0 heterocycles. The van der Waals surface area contributed by atoms with Crippen molar-refractivity contribution in [2.24, 2.45) is 0 Å². The topological polar surface area (TPSA) is 172 Å². The predicted molar refractivity (Wildman–Crippen MR) is 18.6 cm³/mol. The number of rotatable bonds is 0. The van der Waals surface area contributed by atoms with Gasteiger partial charge in [-0.25, -0.2) is 0 Å². The molecule has 0 spiro atoms. The van der Waals surface area contributed by atoms with Crippen molar-refractivity contribution in [2.75, 3.05) is 0 Å². The fraction of sp³-hybridized carbons (Fsp3) is 0. The standard InChI is InChI=1S/8O.3Pb.2V/q;;6*-1;3*+2;;. The quantitative estimate of drug-likeness (QED) is 0.217. The van der Waals surface area contributed by atoms with Crippen molar-refractivity contribution in [3.63, 3.8) is 0 Å². The van der Waals surface area contributed by atoms with Crippen molar-refractivity contribution in [1.82, 2.24) is 0 Å². The molecular formula is O8Pb3V2. The summed E-state index contributed by atoms with van der Waals surface area (Å²) in [6.45, 7) is 0. The average molecular weight is 851 g/mol. The van der Waals surface area contributed by atoms with Crippen molar-refractivity contribution in [1.29, 1.82) is 0 Å².